The smallest absolute Gasteiger partial charge is 0.233 e. The van der Waals surface area contributed by atoms with E-state index in [0.717, 1.165) is 74.3 Å². The number of rotatable bonds is 7. The van der Waals surface area contributed by atoms with Gasteiger partial charge in [-0.25, -0.2) is 0 Å². The monoisotopic (exact) mass is 616 g/mol. The molecule has 7 nitrogen and oxygen atoms in total. The lowest BCUT2D eigenvalue weighted by Crippen LogP contribution is -2.45. The number of aliphatic hydroxyl groups excluding tert-OH is 1. The lowest BCUT2D eigenvalue weighted by atomic mass is 9.88. The summed E-state index contributed by atoms with van der Waals surface area (Å²) in [6, 6.07) is 9.95. The molecule has 2 bridgehead atoms. The summed E-state index contributed by atoms with van der Waals surface area (Å²) in [5.41, 5.74) is 5.73. The second kappa shape index (κ2) is 11.6. The fraction of sp³-hybridized carbons (Fsp3) is 0.611. The minimum atomic E-state index is -0.549. The Balaban J connectivity index is 1.12. The van der Waals surface area contributed by atoms with Crippen molar-refractivity contribution < 1.29 is 14.7 Å². The zero-order valence-electron chi connectivity index (χ0n) is 26.8. The normalized spacial score (nSPS) is 24.7. The van der Waals surface area contributed by atoms with Crippen molar-refractivity contribution in [3.63, 3.8) is 0 Å². The number of aliphatic hydroxyl groups is 1. The predicted octanol–water partition coefficient (Wildman–Crippen LogP) is 5.79. The molecule has 4 saturated heterocycles. The summed E-state index contributed by atoms with van der Waals surface area (Å²) in [6.07, 6.45) is 7.67. The molecule has 7 rings (SSSR count). The molecule has 2 amide bonds. The highest BCUT2D eigenvalue weighted by atomic mass is 32.1. The predicted molar refractivity (Wildman–Crippen MR) is 177 cm³/mol. The van der Waals surface area contributed by atoms with Crippen molar-refractivity contribution in [2.75, 3.05) is 32.7 Å². The Morgan fingerprint density at radius 2 is 1.59 bits per heavy atom. The van der Waals surface area contributed by atoms with Gasteiger partial charge < -0.3 is 24.8 Å². The van der Waals surface area contributed by atoms with Crippen molar-refractivity contribution in [2.45, 2.75) is 103 Å². The summed E-state index contributed by atoms with van der Waals surface area (Å²) in [5, 5.41) is 11.1. The van der Waals surface area contributed by atoms with Gasteiger partial charge in [0.05, 0.1) is 17.2 Å². The van der Waals surface area contributed by atoms with E-state index in [1.54, 1.807) is 11.3 Å². The van der Waals surface area contributed by atoms with Crippen LogP contribution in [0.5, 0.6) is 0 Å². The number of aromatic nitrogens is 1. The van der Waals surface area contributed by atoms with Crippen molar-refractivity contribution in [2.24, 2.45) is 5.92 Å². The quantitative estimate of drug-likeness (QED) is 0.352. The number of carbonyl (C=O) groups excluding carboxylic acids is 2. The maximum Gasteiger partial charge on any atom is 0.233 e. The molecule has 44 heavy (non-hydrogen) atoms. The van der Waals surface area contributed by atoms with E-state index in [2.05, 4.69) is 66.7 Å². The molecule has 0 spiro atoms. The first-order valence-electron chi connectivity index (χ1n) is 16.8. The largest absolute Gasteiger partial charge is 0.391 e. The standard InChI is InChI=1S/C36H48N4O3S/c1-22-17-23(2)19-25(18-22)32-29(12-15-38-13-9-24(10-14-38)34(42)39-16-11-28(41)21-39)30-20-31(44-33(30)37-32)36(3,4)35(43)40-26-5-6-27(40)8-7-26/h17-20,24,26-28,37,41H,5-16,21H2,1-4H3. The topological polar surface area (TPSA) is 79.9 Å². The highest BCUT2D eigenvalue weighted by molar-refractivity contribution is 7.19. The summed E-state index contributed by atoms with van der Waals surface area (Å²) >= 11 is 1.75. The van der Waals surface area contributed by atoms with Crippen LogP contribution in [0.1, 0.15) is 80.4 Å². The number of thiophene rings is 1. The van der Waals surface area contributed by atoms with Crippen LogP contribution in [0.2, 0.25) is 0 Å². The van der Waals surface area contributed by atoms with Crippen molar-refractivity contribution >= 4 is 33.4 Å². The zero-order chi connectivity index (χ0) is 30.7. The van der Waals surface area contributed by atoms with Crippen molar-refractivity contribution in [3.8, 4) is 11.3 Å². The second-order valence-electron chi connectivity index (χ2n) is 14.6. The maximum absolute atomic E-state index is 14.0. The SMILES string of the molecule is Cc1cc(C)cc(-c2[nH]c3sc(C(C)(C)C(=O)N4C5CCC4CC5)cc3c2CCN2CCC(C(=O)N3CCC(O)C3)CC2)c1. The van der Waals surface area contributed by atoms with Gasteiger partial charge in [-0.2, -0.15) is 0 Å². The van der Waals surface area contributed by atoms with Gasteiger partial charge in [-0.05, 0) is 121 Å². The Hall–Kier alpha value is -2.68. The van der Waals surface area contributed by atoms with Crippen LogP contribution in [-0.2, 0) is 21.4 Å². The number of aromatic amines is 1. The van der Waals surface area contributed by atoms with Crippen molar-refractivity contribution in [1.82, 2.24) is 19.7 Å². The van der Waals surface area contributed by atoms with E-state index in [1.165, 1.54) is 33.3 Å². The van der Waals surface area contributed by atoms with Crippen LogP contribution in [-0.4, -0.2) is 87.5 Å². The van der Waals surface area contributed by atoms with E-state index in [4.69, 9.17) is 0 Å². The molecule has 4 fully saturated rings. The molecule has 6 heterocycles. The Morgan fingerprint density at radius 1 is 0.932 bits per heavy atom. The number of fused-ring (bicyclic) bond motifs is 3. The van der Waals surface area contributed by atoms with Gasteiger partial charge in [0.2, 0.25) is 11.8 Å². The molecule has 0 saturated carbocycles. The molecule has 4 aliphatic heterocycles. The molecule has 1 aromatic carbocycles. The summed E-state index contributed by atoms with van der Waals surface area (Å²) in [4.78, 5) is 39.7. The molecule has 1 atom stereocenters. The van der Waals surface area contributed by atoms with Gasteiger partial charge in [0.15, 0.2) is 0 Å². The minimum Gasteiger partial charge on any atom is -0.391 e. The number of H-pyrrole nitrogens is 1. The molecular weight excluding hydrogens is 568 g/mol. The molecule has 0 radical (unpaired) electrons. The summed E-state index contributed by atoms with van der Waals surface area (Å²) in [6.45, 7) is 12.5. The number of benzene rings is 1. The van der Waals surface area contributed by atoms with Gasteiger partial charge in [0.25, 0.3) is 0 Å². The van der Waals surface area contributed by atoms with E-state index in [-0.39, 0.29) is 17.9 Å². The number of amides is 2. The van der Waals surface area contributed by atoms with Crippen LogP contribution in [0.3, 0.4) is 0 Å². The molecular formula is C36H48N4O3S. The molecule has 0 aliphatic carbocycles. The number of nitrogens with zero attached hydrogens (tertiary/aromatic N) is 3. The number of piperidine rings is 1. The van der Waals surface area contributed by atoms with E-state index in [0.29, 0.717) is 37.5 Å². The Labute approximate surface area is 265 Å². The third-order valence-electron chi connectivity index (χ3n) is 11.0. The molecule has 2 N–H and O–H groups in total. The fourth-order valence-electron chi connectivity index (χ4n) is 8.51. The number of hydrogen-bond acceptors (Lipinski definition) is 5. The molecule has 8 heteroatoms. The molecule has 1 unspecified atom stereocenters. The summed E-state index contributed by atoms with van der Waals surface area (Å²) in [5.74, 6) is 0.602. The number of nitrogens with one attached hydrogen (secondary N) is 1. The lowest BCUT2D eigenvalue weighted by molar-refractivity contribution is -0.137. The first-order chi connectivity index (χ1) is 21.1. The van der Waals surface area contributed by atoms with Gasteiger partial charge in [-0.15, -0.1) is 11.3 Å². The van der Waals surface area contributed by atoms with E-state index in [1.807, 2.05) is 4.90 Å². The second-order valence-corrected chi connectivity index (χ2v) is 15.7. The molecule has 2 aromatic heterocycles. The van der Waals surface area contributed by atoms with E-state index in [9.17, 15) is 14.7 Å². The number of aryl methyl sites for hydroxylation is 2. The Morgan fingerprint density at radius 3 is 2.20 bits per heavy atom. The molecule has 3 aromatic rings. The maximum atomic E-state index is 14.0. The zero-order valence-corrected chi connectivity index (χ0v) is 27.6. The highest BCUT2D eigenvalue weighted by Crippen LogP contribution is 2.44. The number of hydrogen-bond donors (Lipinski definition) is 2. The van der Waals surface area contributed by atoms with Gasteiger partial charge in [-0.3, -0.25) is 9.59 Å². The van der Waals surface area contributed by atoms with Crippen LogP contribution in [0.15, 0.2) is 24.3 Å². The van der Waals surface area contributed by atoms with E-state index >= 15 is 0 Å². The highest BCUT2D eigenvalue weighted by Gasteiger charge is 2.47. The van der Waals surface area contributed by atoms with Crippen LogP contribution in [0, 0.1) is 19.8 Å². The van der Waals surface area contributed by atoms with Crippen LogP contribution >= 0.6 is 11.3 Å². The van der Waals surface area contributed by atoms with Crippen LogP contribution in [0.25, 0.3) is 21.5 Å². The van der Waals surface area contributed by atoms with Gasteiger partial charge >= 0.3 is 0 Å². The first-order valence-corrected chi connectivity index (χ1v) is 17.7. The number of likely N-dealkylation sites (tertiary alicyclic amines) is 2. The number of β-amino-alcohol motifs (C(OH)–C–C–N with tert-alkyl or cyclic N) is 1. The van der Waals surface area contributed by atoms with Gasteiger partial charge in [-0.1, -0.05) is 17.2 Å². The fourth-order valence-corrected chi connectivity index (χ4v) is 9.70. The van der Waals surface area contributed by atoms with E-state index < -0.39 is 5.41 Å². The van der Waals surface area contributed by atoms with Crippen molar-refractivity contribution in [1.29, 1.82) is 0 Å². The van der Waals surface area contributed by atoms with Crippen LogP contribution in [0.4, 0.5) is 0 Å². The van der Waals surface area contributed by atoms with Crippen molar-refractivity contribution in [3.05, 3.63) is 45.8 Å². The Bertz CT molecular complexity index is 1520. The third kappa shape index (κ3) is 5.41. The summed E-state index contributed by atoms with van der Waals surface area (Å²) in [7, 11) is 0. The third-order valence-corrected chi connectivity index (χ3v) is 12.4. The first kappa shape index (κ1) is 30.0. The average Bonchev–Trinajstić information content (AvgIpc) is 3.82. The minimum absolute atomic E-state index is 0.0754. The lowest BCUT2D eigenvalue weighted by Gasteiger charge is -2.33. The van der Waals surface area contributed by atoms with Gasteiger partial charge in [0.1, 0.15) is 4.83 Å². The molecule has 236 valence electrons. The van der Waals surface area contributed by atoms with Crippen LogP contribution < -0.4 is 0 Å². The summed E-state index contributed by atoms with van der Waals surface area (Å²) < 4.78 is 0. The average molecular weight is 617 g/mol. The molecule has 4 aliphatic rings. The number of carbonyl (C=O) groups is 2. The van der Waals surface area contributed by atoms with Gasteiger partial charge in [0, 0.05) is 47.9 Å². The Kier molecular flexibility index (Phi) is 7.91.